The Kier molecular flexibility index (Phi) is 6.97. The number of carbonyl (C=O) groups is 2. The monoisotopic (exact) mass is 524 g/mol. The van der Waals surface area contributed by atoms with Crippen molar-refractivity contribution in [3.8, 4) is 0 Å². The smallest absolute Gasteiger partial charge is 0.320 e. The van der Waals surface area contributed by atoms with Crippen molar-refractivity contribution in [1.29, 1.82) is 0 Å². The number of hydrogen-bond acceptors (Lipinski definition) is 8. The van der Waals surface area contributed by atoms with Gasteiger partial charge in [0.1, 0.15) is 0 Å². The quantitative estimate of drug-likeness (QED) is 0.391. The number of rotatable bonds is 7. The number of amides is 1. The number of carboxylic acids is 1. The van der Waals surface area contributed by atoms with Crippen molar-refractivity contribution in [3.63, 3.8) is 0 Å². The largest absolute Gasteiger partial charge is 0.481 e. The van der Waals surface area contributed by atoms with Crippen LogP contribution in [0.5, 0.6) is 0 Å². The Balaban J connectivity index is 1.38. The van der Waals surface area contributed by atoms with Crippen molar-refractivity contribution >= 4 is 39.1 Å². The Hall–Kier alpha value is -3.94. The molecule has 36 heavy (non-hydrogen) atoms. The van der Waals surface area contributed by atoms with Crippen molar-refractivity contribution in [2.24, 2.45) is 5.92 Å². The molecule has 1 fully saturated rings. The average Bonchev–Trinajstić information content (AvgIpc) is 3.31. The molecule has 10 nitrogen and oxygen atoms in total. The molecule has 4 rings (SSSR count). The summed E-state index contributed by atoms with van der Waals surface area (Å²) >= 11 is 0. The highest BCUT2D eigenvalue weighted by Gasteiger charge is 2.34. The molecule has 1 heterocycles. The van der Waals surface area contributed by atoms with Crippen LogP contribution >= 0.6 is 0 Å². The first-order chi connectivity index (χ1) is 17.0. The Morgan fingerprint density at radius 1 is 0.944 bits per heavy atom. The van der Waals surface area contributed by atoms with E-state index in [1.807, 2.05) is 0 Å². The van der Waals surface area contributed by atoms with E-state index in [9.17, 15) is 31.2 Å². The summed E-state index contributed by atoms with van der Waals surface area (Å²) in [6, 6.07) is 6.33. The Bertz CT molecular complexity index is 1380. The lowest BCUT2D eigenvalue weighted by atomic mass is 9.89. The van der Waals surface area contributed by atoms with Gasteiger partial charge >= 0.3 is 23.8 Å². The Labute approximate surface area is 202 Å². The molecule has 3 N–H and O–H groups in total. The van der Waals surface area contributed by atoms with Gasteiger partial charge in [-0.15, -0.1) is 5.10 Å². The second-order valence-corrected chi connectivity index (χ2v) is 10.4. The van der Waals surface area contributed by atoms with Crippen LogP contribution in [0.25, 0.3) is 0 Å². The summed E-state index contributed by atoms with van der Waals surface area (Å²) in [6.07, 6.45) is 1.09. The minimum atomic E-state index is -3.68. The van der Waals surface area contributed by atoms with Crippen LogP contribution in [0, 0.1) is 23.4 Å². The van der Waals surface area contributed by atoms with Crippen LogP contribution in [0.1, 0.15) is 36.4 Å². The summed E-state index contributed by atoms with van der Waals surface area (Å²) in [5.74, 6) is -7.32. The summed E-state index contributed by atoms with van der Waals surface area (Å²) in [4.78, 5) is 23.5. The summed E-state index contributed by atoms with van der Waals surface area (Å²) in [7, 11) is -3.68. The molecule has 1 aromatic heterocycles. The zero-order valence-electron chi connectivity index (χ0n) is 18.4. The molecule has 14 heteroatoms. The van der Waals surface area contributed by atoms with Gasteiger partial charge < -0.3 is 20.2 Å². The lowest BCUT2D eigenvalue weighted by Gasteiger charge is -2.26. The zero-order valence-corrected chi connectivity index (χ0v) is 19.2. The molecule has 0 bridgehead atoms. The van der Waals surface area contributed by atoms with Gasteiger partial charge in [-0.05, 0) is 49.9 Å². The fraction of sp³-hybridized carbons (Fsp3) is 0.273. The number of benzene rings is 2. The van der Waals surface area contributed by atoms with Gasteiger partial charge in [-0.1, -0.05) is 5.10 Å². The second-order valence-electron chi connectivity index (χ2n) is 8.13. The van der Waals surface area contributed by atoms with E-state index in [4.69, 9.17) is 9.52 Å². The predicted molar refractivity (Wildman–Crippen MR) is 119 cm³/mol. The molecular formula is C22H19F3N4O6S. The maximum absolute atomic E-state index is 13.3. The lowest BCUT2D eigenvalue weighted by molar-refractivity contribution is -0.142. The van der Waals surface area contributed by atoms with Gasteiger partial charge in [-0.3, -0.25) is 9.59 Å². The maximum atomic E-state index is 13.3. The van der Waals surface area contributed by atoms with Gasteiger partial charge in [0, 0.05) is 23.5 Å². The van der Waals surface area contributed by atoms with E-state index in [1.165, 1.54) is 24.3 Å². The molecule has 0 spiro atoms. The van der Waals surface area contributed by atoms with Gasteiger partial charge in [0.2, 0.25) is 0 Å². The van der Waals surface area contributed by atoms with Crippen LogP contribution in [0.2, 0.25) is 0 Å². The van der Waals surface area contributed by atoms with Crippen LogP contribution in [-0.4, -0.2) is 40.8 Å². The van der Waals surface area contributed by atoms with Crippen molar-refractivity contribution in [2.45, 2.75) is 35.8 Å². The first-order valence-corrected chi connectivity index (χ1v) is 12.2. The van der Waals surface area contributed by atoms with Crippen LogP contribution in [0.15, 0.2) is 45.7 Å². The van der Waals surface area contributed by atoms with E-state index in [-0.39, 0.29) is 35.1 Å². The van der Waals surface area contributed by atoms with Crippen LogP contribution in [0.4, 0.5) is 30.6 Å². The number of aliphatic carboxylic acids is 1. The second kappa shape index (κ2) is 9.97. The molecule has 1 aliphatic carbocycles. The zero-order chi connectivity index (χ0) is 26.0. The molecule has 0 saturated heterocycles. The first kappa shape index (κ1) is 25.2. The van der Waals surface area contributed by atoms with E-state index in [0.717, 1.165) is 0 Å². The number of nitrogens with one attached hydrogen (secondary N) is 2. The maximum Gasteiger partial charge on any atom is 0.320 e. The highest BCUT2D eigenvalue weighted by molar-refractivity contribution is 7.92. The van der Waals surface area contributed by atoms with E-state index < -0.39 is 56.2 Å². The van der Waals surface area contributed by atoms with Crippen LogP contribution in [0.3, 0.4) is 0 Å². The average molecular weight is 524 g/mol. The van der Waals surface area contributed by atoms with Gasteiger partial charge in [0.25, 0.3) is 0 Å². The molecule has 1 amide bonds. The number of hydrogen-bond donors (Lipinski definition) is 3. The van der Waals surface area contributed by atoms with Crippen LogP contribution in [-0.2, 0) is 14.6 Å². The number of anilines is 3. The van der Waals surface area contributed by atoms with E-state index >= 15 is 0 Å². The first-order valence-electron chi connectivity index (χ1n) is 10.7. The molecule has 0 radical (unpaired) electrons. The van der Waals surface area contributed by atoms with Gasteiger partial charge in [-0.25, -0.2) is 21.6 Å². The lowest BCUT2D eigenvalue weighted by Crippen LogP contribution is -2.30. The summed E-state index contributed by atoms with van der Waals surface area (Å²) in [6.45, 7) is 0. The fourth-order valence-corrected chi connectivity index (χ4v) is 5.63. The van der Waals surface area contributed by atoms with Crippen molar-refractivity contribution in [1.82, 2.24) is 10.2 Å². The number of sulfone groups is 1. The predicted octanol–water partition coefficient (Wildman–Crippen LogP) is 3.90. The molecule has 3 aromatic rings. The SMILES string of the molecule is O=C(Nc1ccc(S(=O)(=O)[C@H]2CC[C@@H](C(=O)O)CC2)cc1)c1nnc(Nc2cc(F)c(F)c(F)c2)o1. The number of carbonyl (C=O) groups excluding carboxylic acids is 1. The minimum Gasteiger partial charge on any atom is -0.481 e. The molecule has 1 saturated carbocycles. The van der Waals surface area contributed by atoms with Gasteiger partial charge in [0.15, 0.2) is 27.3 Å². The Morgan fingerprint density at radius 2 is 1.56 bits per heavy atom. The molecule has 190 valence electrons. The summed E-state index contributed by atoms with van der Waals surface area (Å²) in [5.41, 5.74) is -0.000765. The highest BCUT2D eigenvalue weighted by atomic mass is 32.2. The third kappa shape index (κ3) is 5.32. The topological polar surface area (TPSA) is 151 Å². The number of nitrogens with zero attached hydrogens (tertiary/aromatic N) is 2. The van der Waals surface area contributed by atoms with Crippen molar-refractivity contribution in [3.05, 3.63) is 59.7 Å². The van der Waals surface area contributed by atoms with Crippen molar-refractivity contribution in [2.75, 3.05) is 10.6 Å². The molecular weight excluding hydrogens is 505 g/mol. The number of halogens is 3. The van der Waals surface area contributed by atoms with E-state index in [2.05, 4.69) is 20.8 Å². The normalized spacial score (nSPS) is 18.0. The van der Waals surface area contributed by atoms with Gasteiger partial charge in [0.05, 0.1) is 16.1 Å². The summed E-state index contributed by atoms with van der Waals surface area (Å²) in [5, 5.41) is 20.2. The third-order valence-electron chi connectivity index (χ3n) is 5.76. The van der Waals surface area contributed by atoms with Crippen molar-refractivity contribution < 1.29 is 40.7 Å². The Morgan fingerprint density at radius 3 is 2.14 bits per heavy atom. The van der Waals surface area contributed by atoms with Crippen LogP contribution < -0.4 is 10.6 Å². The highest BCUT2D eigenvalue weighted by Crippen LogP contribution is 2.32. The fourth-order valence-electron chi connectivity index (χ4n) is 3.84. The number of aromatic nitrogens is 2. The minimum absolute atomic E-state index is 0.0438. The molecule has 0 atom stereocenters. The molecule has 1 aliphatic rings. The molecule has 0 aliphatic heterocycles. The molecule has 0 unspecified atom stereocenters. The molecule has 2 aromatic carbocycles. The van der Waals surface area contributed by atoms with E-state index in [0.29, 0.717) is 25.0 Å². The van der Waals surface area contributed by atoms with Gasteiger partial charge in [-0.2, -0.15) is 0 Å². The standard InChI is InChI=1S/C22H19F3N4O6S/c23-16-9-13(10-17(24)18(16)25)27-22-29-28-20(35-22)19(30)26-12-3-7-15(8-4-12)36(33,34)14-5-1-11(2-6-14)21(31)32/h3-4,7-11,14H,1-2,5-6H2,(H,26,30)(H,27,29)(H,31,32)/t11-,14+. The van der Waals surface area contributed by atoms with E-state index in [1.54, 1.807) is 0 Å². The number of carboxylic acid groups (broad SMARTS) is 1. The summed E-state index contributed by atoms with van der Waals surface area (Å²) < 4.78 is 70.6. The third-order valence-corrected chi connectivity index (χ3v) is 8.04.